The third kappa shape index (κ3) is 3.47. The maximum Gasteiger partial charge on any atom is 0.219 e. The van der Waals surface area contributed by atoms with E-state index in [4.69, 9.17) is 5.11 Å². The third-order valence-electron chi connectivity index (χ3n) is 2.08. The minimum Gasteiger partial charge on any atom is -0.508 e. The van der Waals surface area contributed by atoms with Gasteiger partial charge in [-0.2, -0.15) is 0 Å². The van der Waals surface area contributed by atoms with Crippen molar-refractivity contribution in [3.63, 3.8) is 0 Å². The molecule has 0 spiro atoms. The van der Waals surface area contributed by atoms with Crippen molar-refractivity contribution in [2.45, 2.75) is 19.3 Å². The lowest BCUT2D eigenvalue weighted by Crippen LogP contribution is -2.17. The van der Waals surface area contributed by atoms with E-state index in [0.717, 1.165) is 18.4 Å². The van der Waals surface area contributed by atoms with Crippen LogP contribution in [0.5, 0.6) is 5.75 Å². The summed E-state index contributed by atoms with van der Waals surface area (Å²) in [4.78, 5) is 10.9. The van der Waals surface area contributed by atoms with E-state index < -0.39 is 0 Å². The van der Waals surface area contributed by atoms with Crippen LogP contribution in [0.15, 0.2) is 24.3 Å². The minimum absolute atomic E-state index is 0.0729. The summed E-state index contributed by atoms with van der Waals surface area (Å²) in [5, 5.41) is 11.6. The minimum atomic E-state index is 0.0729. The van der Waals surface area contributed by atoms with Gasteiger partial charge in [0.2, 0.25) is 5.91 Å². The summed E-state index contributed by atoms with van der Waals surface area (Å²) in [6.45, 7) is 0. The van der Waals surface area contributed by atoms with Crippen LogP contribution in [-0.2, 0) is 11.2 Å². The van der Waals surface area contributed by atoms with Crippen LogP contribution in [0, 0.1) is 0 Å². The van der Waals surface area contributed by atoms with Gasteiger partial charge in [0.05, 0.1) is 0 Å². The Morgan fingerprint density at radius 2 is 2.00 bits per heavy atom. The molecule has 2 N–H and O–H groups in total. The van der Waals surface area contributed by atoms with Gasteiger partial charge in [0, 0.05) is 13.5 Å². The number of hydrogen-bond acceptors (Lipinski definition) is 2. The zero-order valence-electron chi connectivity index (χ0n) is 8.29. The number of amides is 1. The van der Waals surface area contributed by atoms with Crippen molar-refractivity contribution in [3.05, 3.63) is 29.8 Å². The Morgan fingerprint density at radius 3 is 2.57 bits per heavy atom. The SMILES string of the molecule is CNC(=O)CCCc1ccc(O)cc1. The lowest BCUT2D eigenvalue weighted by atomic mass is 10.1. The van der Waals surface area contributed by atoms with E-state index in [0.29, 0.717) is 6.42 Å². The molecular formula is C11H15NO2. The van der Waals surface area contributed by atoms with Gasteiger partial charge in [-0.15, -0.1) is 0 Å². The van der Waals surface area contributed by atoms with Crippen LogP contribution in [0.3, 0.4) is 0 Å². The Kier molecular flexibility index (Phi) is 3.98. The molecule has 0 heterocycles. The molecule has 3 nitrogen and oxygen atoms in total. The van der Waals surface area contributed by atoms with Crippen molar-refractivity contribution in [1.82, 2.24) is 5.32 Å². The van der Waals surface area contributed by atoms with E-state index in [1.54, 1.807) is 19.2 Å². The van der Waals surface area contributed by atoms with E-state index in [1.807, 2.05) is 12.1 Å². The molecule has 0 saturated heterocycles. The summed E-state index contributed by atoms with van der Waals surface area (Å²) in [7, 11) is 1.64. The number of phenolic OH excluding ortho intramolecular Hbond substituents is 1. The standard InChI is InChI=1S/C11H15NO2/c1-12-11(14)4-2-3-9-5-7-10(13)8-6-9/h5-8,13H,2-4H2,1H3,(H,12,14). The molecule has 0 aromatic heterocycles. The second-order valence-electron chi connectivity index (χ2n) is 3.19. The molecule has 76 valence electrons. The fourth-order valence-electron chi connectivity index (χ4n) is 1.24. The number of rotatable bonds is 4. The van der Waals surface area contributed by atoms with Crippen LogP contribution in [-0.4, -0.2) is 18.1 Å². The monoisotopic (exact) mass is 193 g/mol. The molecule has 0 aliphatic rings. The number of hydrogen-bond donors (Lipinski definition) is 2. The summed E-state index contributed by atoms with van der Waals surface area (Å²) in [5.74, 6) is 0.351. The first-order valence-electron chi connectivity index (χ1n) is 4.71. The average molecular weight is 193 g/mol. The molecule has 1 rings (SSSR count). The van der Waals surface area contributed by atoms with Crippen LogP contribution < -0.4 is 5.32 Å². The lowest BCUT2D eigenvalue weighted by Gasteiger charge is -2.01. The summed E-state index contributed by atoms with van der Waals surface area (Å²) in [5.41, 5.74) is 1.15. The van der Waals surface area contributed by atoms with Gasteiger partial charge in [-0.1, -0.05) is 12.1 Å². The van der Waals surface area contributed by atoms with Crippen molar-refractivity contribution in [1.29, 1.82) is 0 Å². The van der Waals surface area contributed by atoms with Crippen LogP contribution >= 0.6 is 0 Å². The predicted molar refractivity (Wildman–Crippen MR) is 55.1 cm³/mol. The van der Waals surface area contributed by atoms with Gasteiger partial charge in [-0.25, -0.2) is 0 Å². The Balaban J connectivity index is 2.31. The summed E-state index contributed by atoms with van der Waals surface area (Å²) in [6.07, 6.45) is 2.26. The van der Waals surface area contributed by atoms with Crippen LogP contribution in [0.2, 0.25) is 0 Å². The zero-order chi connectivity index (χ0) is 10.4. The molecule has 1 amide bonds. The van der Waals surface area contributed by atoms with E-state index in [1.165, 1.54) is 0 Å². The quantitative estimate of drug-likeness (QED) is 0.760. The van der Waals surface area contributed by atoms with Gasteiger partial charge in [-0.05, 0) is 30.5 Å². The average Bonchev–Trinajstić information content (AvgIpc) is 2.21. The van der Waals surface area contributed by atoms with Gasteiger partial charge in [-0.3, -0.25) is 4.79 Å². The molecule has 0 unspecified atom stereocenters. The number of carbonyl (C=O) groups excluding carboxylic acids is 1. The predicted octanol–water partition coefficient (Wildman–Crippen LogP) is 1.46. The molecule has 0 atom stereocenters. The van der Waals surface area contributed by atoms with Crippen molar-refractivity contribution in [2.75, 3.05) is 7.05 Å². The molecule has 3 heteroatoms. The number of nitrogens with one attached hydrogen (secondary N) is 1. The lowest BCUT2D eigenvalue weighted by molar-refractivity contribution is -0.120. The van der Waals surface area contributed by atoms with E-state index in [-0.39, 0.29) is 11.7 Å². The van der Waals surface area contributed by atoms with E-state index >= 15 is 0 Å². The smallest absolute Gasteiger partial charge is 0.219 e. The van der Waals surface area contributed by atoms with Crippen molar-refractivity contribution in [2.24, 2.45) is 0 Å². The molecular weight excluding hydrogens is 178 g/mol. The number of phenols is 1. The molecule has 0 saturated carbocycles. The second kappa shape index (κ2) is 5.27. The van der Waals surface area contributed by atoms with Crippen molar-refractivity contribution < 1.29 is 9.90 Å². The number of aromatic hydroxyl groups is 1. The van der Waals surface area contributed by atoms with Crippen molar-refractivity contribution in [3.8, 4) is 5.75 Å². The molecule has 0 fully saturated rings. The fraction of sp³-hybridized carbons (Fsp3) is 0.364. The molecule has 14 heavy (non-hydrogen) atoms. The summed E-state index contributed by atoms with van der Waals surface area (Å²) in [6, 6.07) is 7.07. The van der Waals surface area contributed by atoms with Gasteiger partial charge < -0.3 is 10.4 Å². The van der Waals surface area contributed by atoms with Crippen LogP contribution in [0.1, 0.15) is 18.4 Å². The molecule has 0 radical (unpaired) electrons. The van der Waals surface area contributed by atoms with Crippen LogP contribution in [0.4, 0.5) is 0 Å². The highest BCUT2D eigenvalue weighted by Crippen LogP contribution is 2.11. The van der Waals surface area contributed by atoms with Gasteiger partial charge in [0.1, 0.15) is 5.75 Å². The maximum atomic E-state index is 10.9. The largest absolute Gasteiger partial charge is 0.508 e. The Hall–Kier alpha value is -1.51. The summed E-state index contributed by atoms with van der Waals surface area (Å²) < 4.78 is 0. The molecule has 0 bridgehead atoms. The third-order valence-corrected chi connectivity index (χ3v) is 2.08. The highest BCUT2D eigenvalue weighted by Gasteiger charge is 1.98. The highest BCUT2D eigenvalue weighted by molar-refractivity contribution is 5.75. The number of benzene rings is 1. The first-order chi connectivity index (χ1) is 6.72. The highest BCUT2D eigenvalue weighted by atomic mass is 16.3. The Bertz CT molecular complexity index is 293. The first kappa shape index (κ1) is 10.6. The van der Waals surface area contributed by atoms with Gasteiger partial charge in [0.25, 0.3) is 0 Å². The Morgan fingerprint density at radius 1 is 1.36 bits per heavy atom. The topological polar surface area (TPSA) is 49.3 Å². The molecule has 0 aliphatic heterocycles. The second-order valence-corrected chi connectivity index (χ2v) is 3.19. The number of carbonyl (C=O) groups is 1. The first-order valence-corrected chi connectivity index (χ1v) is 4.71. The van der Waals surface area contributed by atoms with Crippen LogP contribution in [0.25, 0.3) is 0 Å². The van der Waals surface area contributed by atoms with E-state index in [9.17, 15) is 4.79 Å². The molecule has 1 aromatic rings. The maximum absolute atomic E-state index is 10.9. The summed E-state index contributed by atoms with van der Waals surface area (Å²) >= 11 is 0. The van der Waals surface area contributed by atoms with Gasteiger partial charge >= 0.3 is 0 Å². The van der Waals surface area contributed by atoms with Crippen molar-refractivity contribution >= 4 is 5.91 Å². The molecule has 1 aromatic carbocycles. The number of aryl methyl sites for hydroxylation is 1. The molecule has 0 aliphatic carbocycles. The Labute approximate surface area is 83.8 Å². The van der Waals surface area contributed by atoms with E-state index in [2.05, 4.69) is 5.32 Å². The zero-order valence-corrected chi connectivity index (χ0v) is 8.29. The van der Waals surface area contributed by atoms with Gasteiger partial charge in [0.15, 0.2) is 0 Å². The normalized spacial score (nSPS) is 9.79. The fourth-order valence-corrected chi connectivity index (χ4v) is 1.24.